The molecular weight excluding hydrogens is 362 g/mol. The highest BCUT2D eigenvalue weighted by molar-refractivity contribution is 6.01. The average molecular weight is 376 g/mol. The van der Waals surface area contributed by atoms with Crippen LogP contribution >= 0.6 is 0 Å². The summed E-state index contributed by atoms with van der Waals surface area (Å²) in [4.78, 5) is 12.3. The van der Waals surface area contributed by atoms with Crippen LogP contribution in [0.15, 0.2) is 21.9 Å². The number of nitrogens with one attached hydrogen (secondary N) is 1. The first-order chi connectivity index (χ1) is 12.8. The summed E-state index contributed by atoms with van der Waals surface area (Å²) in [6.07, 6.45) is 0. The van der Waals surface area contributed by atoms with Gasteiger partial charge < -0.3 is 5.73 Å². The molecule has 27 heavy (non-hydrogen) atoms. The summed E-state index contributed by atoms with van der Waals surface area (Å²) < 4.78 is 32.3. The van der Waals surface area contributed by atoms with Crippen molar-refractivity contribution in [1.82, 2.24) is 30.7 Å². The predicted molar refractivity (Wildman–Crippen MR) is 89.1 cm³/mol. The van der Waals surface area contributed by atoms with Crippen molar-refractivity contribution in [3.8, 4) is 5.82 Å². The molecule has 0 radical (unpaired) electrons. The lowest BCUT2D eigenvalue weighted by Gasteiger charge is -2.07. The van der Waals surface area contributed by atoms with Crippen molar-refractivity contribution >= 4 is 17.4 Å². The number of benzene rings is 1. The van der Waals surface area contributed by atoms with Gasteiger partial charge in [0.1, 0.15) is 0 Å². The number of hydrogen-bond donors (Lipinski definition) is 2. The molecule has 3 rings (SSSR count). The van der Waals surface area contributed by atoms with Crippen molar-refractivity contribution in [2.75, 3.05) is 5.73 Å². The Balaban J connectivity index is 1.82. The van der Waals surface area contributed by atoms with Crippen molar-refractivity contribution in [3.05, 3.63) is 46.3 Å². The first-order valence-electron chi connectivity index (χ1n) is 7.61. The number of carbonyl (C=O) groups excluding carboxylic acids is 1. The van der Waals surface area contributed by atoms with Gasteiger partial charge in [0.15, 0.2) is 17.3 Å². The first kappa shape index (κ1) is 18.1. The molecule has 2 aromatic heterocycles. The molecule has 0 spiro atoms. The smallest absolute Gasteiger partial charge is 0.293 e. The molecule has 0 unspecified atom stereocenters. The monoisotopic (exact) mass is 376 g/mol. The fourth-order valence-corrected chi connectivity index (χ4v) is 2.36. The van der Waals surface area contributed by atoms with Crippen LogP contribution in [0.5, 0.6) is 0 Å². The Hall–Kier alpha value is -3.70. The van der Waals surface area contributed by atoms with E-state index in [1.54, 1.807) is 20.8 Å². The van der Waals surface area contributed by atoms with Gasteiger partial charge in [-0.05, 0) is 48.8 Å². The third kappa shape index (κ3) is 3.36. The van der Waals surface area contributed by atoms with E-state index >= 15 is 0 Å². The second kappa shape index (κ2) is 6.90. The average Bonchev–Trinajstić information content (AvgIpc) is 3.21. The number of halogens is 2. The van der Waals surface area contributed by atoms with Crippen LogP contribution in [0.4, 0.5) is 14.6 Å². The van der Waals surface area contributed by atoms with Crippen molar-refractivity contribution in [1.29, 1.82) is 0 Å². The summed E-state index contributed by atoms with van der Waals surface area (Å²) in [5.41, 5.74) is 9.30. The van der Waals surface area contributed by atoms with Gasteiger partial charge in [-0.3, -0.25) is 4.79 Å². The maximum Gasteiger partial charge on any atom is 0.293 e. The molecule has 1 amide bonds. The highest BCUT2D eigenvalue weighted by atomic mass is 19.2. The summed E-state index contributed by atoms with van der Waals surface area (Å²) in [5, 5.41) is 18.5. The van der Waals surface area contributed by atoms with E-state index in [9.17, 15) is 13.6 Å². The largest absolute Gasteiger partial charge is 0.378 e. The predicted octanol–water partition coefficient (Wildman–Crippen LogP) is 1.28. The van der Waals surface area contributed by atoms with Crippen molar-refractivity contribution in [3.63, 3.8) is 0 Å². The Kier molecular flexibility index (Phi) is 4.62. The zero-order valence-electron chi connectivity index (χ0n) is 14.5. The van der Waals surface area contributed by atoms with Crippen LogP contribution in [0.1, 0.15) is 34.2 Å². The maximum atomic E-state index is 13.4. The summed E-state index contributed by atoms with van der Waals surface area (Å²) in [6.45, 7) is 4.72. The molecule has 0 fully saturated rings. The van der Waals surface area contributed by atoms with E-state index in [4.69, 9.17) is 5.73 Å². The fraction of sp³-hybridized carbons (Fsp3) is 0.200. The van der Waals surface area contributed by atoms with Crippen molar-refractivity contribution in [2.24, 2.45) is 5.10 Å². The molecule has 0 atom stereocenters. The molecule has 10 nitrogen and oxygen atoms in total. The highest BCUT2D eigenvalue weighted by Crippen LogP contribution is 2.16. The Morgan fingerprint density at radius 1 is 1.26 bits per heavy atom. The van der Waals surface area contributed by atoms with E-state index in [1.807, 2.05) is 0 Å². The van der Waals surface area contributed by atoms with Gasteiger partial charge in [-0.2, -0.15) is 9.78 Å². The minimum absolute atomic E-state index is 0.0161. The molecule has 0 aliphatic carbocycles. The van der Waals surface area contributed by atoms with Gasteiger partial charge in [-0.25, -0.2) is 18.8 Å². The van der Waals surface area contributed by atoms with Crippen LogP contribution in [0.25, 0.3) is 5.82 Å². The van der Waals surface area contributed by atoms with E-state index in [0.29, 0.717) is 16.8 Å². The minimum Gasteiger partial charge on any atom is -0.378 e. The van der Waals surface area contributed by atoms with Gasteiger partial charge in [0.05, 0.1) is 11.4 Å². The molecule has 3 aromatic rings. The number of aromatic nitrogens is 5. The SMILES string of the molecule is C/C(=N\NC(=O)c1nnn(-c2nonc2N)c1C)c1cc(F)c(F)cc1C. The molecule has 0 aliphatic rings. The zero-order valence-corrected chi connectivity index (χ0v) is 14.5. The standard InChI is InChI=1S/C15H14F2N8O2/c1-6-4-10(16)11(17)5-9(6)7(2)19-21-15(26)12-8(3)25(24-20-12)14-13(18)22-27-23-14/h4-5H,1-3H3,(H2,18,22)(H,21,26)/b19-7+. The van der Waals surface area contributed by atoms with Crippen LogP contribution in [0.3, 0.4) is 0 Å². The summed E-state index contributed by atoms with van der Waals surface area (Å²) in [7, 11) is 0. The number of hydrazone groups is 1. The van der Waals surface area contributed by atoms with E-state index in [1.165, 1.54) is 4.68 Å². The number of amides is 1. The van der Waals surface area contributed by atoms with Gasteiger partial charge in [0.2, 0.25) is 11.6 Å². The van der Waals surface area contributed by atoms with Gasteiger partial charge in [0, 0.05) is 5.56 Å². The Morgan fingerprint density at radius 3 is 2.63 bits per heavy atom. The summed E-state index contributed by atoms with van der Waals surface area (Å²) >= 11 is 0. The summed E-state index contributed by atoms with van der Waals surface area (Å²) in [5.74, 6) is -2.54. The third-order valence-electron chi connectivity index (χ3n) is 3.79. The molecule has 0 bridgehead atoms. The topological polar surface area (TPSA) is 137 Å². The van der Waals surface area contributed by atoms with Crippen LogP contribution in [-0.2, 0) is 0 Å². The molecule has 12 heteroatoms. The zero-order chi connectivity index (χ0) is 19.7. The number of nitrogen functional groups attached to an aromatic ring is 1. The molecule has 140 valence electrons. The van der Waals surface area contributed by atoms with E-state index < -0.39 is 17.5 Å². The number of nitrogens with zero attached hydrogens (tertiary/aromatic N) is 6. The second-order valence-electron chi connectivity index (χ2n) is 5.63. The quantitative estimate of drug-likeness (QED) is 0.517. The molecular formula is C15H14F2N8O2. The number of carbonyl (C=O) groups is 1. The van der Waals surface area contributed by atoms with Crippen LogP contribution in [0.2, 0.25) is 0 Å². The molecule has 0 saturated carbocycles. The Morgan fingerprint density at radius 2 is 1.96 bits per heavy atom. The number of nitrogens with two attached hydrogens (primary N) is 1. The third-order valence-corrected chi connectivity index (χ3v) is 3.79. The van der Waals surface area contributed by atoms with E-state index in [-0.39, 0.29) is 23.0 Å². The van der Waals surface area contributed by atoms with Gasteiger partial charge >= 0.3 is 0 Å². The molecule has 1 aromatic carbocycles. The summed E-state index contributed by atoms with van der Waals surface area (Å²) in [6, 6.07) is 2.06. The van der Waals surface area contributed by atoms with Gasteiger partial charge in [0.25, 0.3) is 5.91 Å². The van der Waals surface area contributed by atoms with E-state index in [2.05, 4.69) is 35.8 Å². The Bertz CT molecular complexity index is 1060. The number of aryl methyl sites for hydroxylation is 1. The van der Waals surface area contributed by atoms with Crippen LogP contribution in [0, 0.1) is 25.5 Å². The first-order valence-corrected chi connectivity index (χ1v) is 7.61. The maximum absolute atomic E-state index is 13.4. The van der Waals surface area contributed by atoms with Crippen molar-refractivity contribution < 1.29 is 18.2 Å². The number of anilines is 1. The molecule has 2 heterocycles. The normalized spacial score (nSPS) is 11.7. The van der Waals surface area contributed by atoms with Crippen LogP contribution in [-0.4, -0.2) is 36.9 Å². The highest BCUT2D eigenvalue weighted by Gasteiger charge is 2.21. The minimum atomic E-state index is -1.01. The lowest BCUT2D eigenvalue weighted by atomic mass is 10.0. The van der Waals surface area contributed by atoms with E-state index in [0.717, 1.165) is 12.1 Å². The van der Waals surface area contributed by atoms with Gasteiger partial charge in [-0.15, -0.1) is 5.10 Å². The van der Waals surface area contributed by atoms with Gasteiger partial charge in [-0.1, -0.05) is 5.21 Å². The number of hydrogen-bond acceptors (Lipinski definition) is 8. The lowest BCUT2D eigenvalue weighted by Crippen LogP contribution is -2.21. The molecule has 0 saturated heterocycles. The fourth-order valence-electron chi connectivity index (χ4n) is 2.36. The molecule has 3 N–H and O–H groups in total. The van der Waals surface area contributed by atoms with Crippen molar-refractivity contribution in [2.45, 2.75) is 20.8 Å². The molecule has 0 aliphatic heterocycles. The Labute approximate surface area is 151 Å². The lowest BCUT2D eigenvalue weighted by molar-refractivity contribution is 0.0949. The van der Waals surface area contributed by atoms with Crippen LogP contribution < -0.4 is 11.2 Å². The second-order valence-corrected chi connectivity index (χ2v) is 5.63. The number of rotatable bonds is 4.